The van der Waals surface area contributed by atoms with Gasteiger partial charge in [0, 0.05) is 10.6 Å². The lowest BCUT2D eigenvalue weighted by Crippen LogP contribution is -2.41. The highest BCUT2D eigenvalue weighted by Gasteiger charge is 2.13. The van der Waals surface area contributed by atoms with E-state index in [1.807, 2.05) is 54.6 Å². The van der Waals surface area contributed by atoms with E-state index in [4.69, 9.17) is 12.2 Å². The molecule has 17 heavy (non-hydrogen) atoms. The van der Waals surface area contributed by atoms with Crippen molar-refractivity contribution in [3.8, 4) is 0 Å². The number of amides is 2. The molecule has 1 unspecified atom stereocenters. The molecule has 0 fully saturated rings. The maximum Gasteiger partial charge on any atom is 0.319 e. The molecule has 1 atom stereocenters. The van der Waals surface area contributed by atoms with Crippen LogP contribution in [0, 0.1) is 0 Å². The van der Waals surface area contributed by atoms with Crippen molar-refractivity contribution < 1.29 is 4.79 Å². The van der Waals surface area contributed by atoms with E-state index in [2.05, 4.69) is 10.6 Å². The molecule has 0 heterocycles. The van der Waals surface area contributed by atoms with Crippen molar-refractivity contribution >= 4 is 28.8 Å². The molecule has 3 nitrogen and oxygen atoms in total. The molecule has 1 aromatic rings. The Kier molecular flexibility index (Phi) is 3.67. The van der Waals surface area contributed by atoms with Crippen molar-refractivity contribution in [3.63, 3.8) is 0 Å². The number of nitrogens with one attached hydrogen (secondary N) is 2. The van der Waals surface area contributed by atoms with E-state index in [-0.39, 0.29) is 12.1 Å². The second-order valence-electron chi connectivity index (χ2n) is 3.59. The monoisotopic (exact) mass is 244 g/mol. The van der Waals surface area contributed by atoms with Gasteiger partial charge in [0.15, 0.2) is 0 Å². The van der Waals surface area contributed by atoms with Crippen LogP contribution in [0.25, 0.3) is 0 Å². The Balaban J connectivity index is 1.92. The summed E-state index contributed by atoms with van der Waals surface area (Å²) in [6.45, 7) is 0. The molecule has 0 bridgehead atoms. The Morgan fingerprint density at radius 1 is 1.18 bits per heavy atom. The summed E-state index contributed by atoms with van der Waals surface area (Å²) in [4.78, 5) is 12.4. The number of allylic oxidation sites excluding steroid dienone is 2. The fraction of sp³-hybridized carbons (Fsp3) is 0.0769. The van der Waals surface area contributed by atoms with Gasteiger partial charge in [-0.25, -0.2) is 4.79 Å². The normalized spacial score (nSPS) is 17.9. The van der Waals surface area contributed by atoms with E-state index in [0.29, 0.717) is 4.86 Å². The van der Waals surface area contributed by atoms with Crippen LogP contribution in [0.15, 0.2) is 54.6 Å². The van der Waals surface area contributed by atoms with E-state index < -0.39 is 0 Å². The fourth-order valence-electron chi connectivity index (χ4n) is 1.47. The van der Waals surface area contributed by atoms with Gasteiger partial charge in [0.1, 0.15) is 0 Å². The minimum Gasteiger partial charge on any atom is -0.327 e. The summed E-state index contributed by atoms with van der Waals surface area (Å²) in [5, 5.41) is 5.53. The number of benzene rings is 1. The topological polar surface area (TPSA) is 41.1 Å². The average Bonchev–Trinajstić information content (AvgIpc) is 2.33. The molecule has 0 saturated heterocycles. The maximum atomic E-state index is 11.7. The van der Waals surface area contributed by atoms with E-state index in [1.165, 1.54) is 0 Å². The SMILES string of the molecule is O=C(Nc1ccccc1)NC1C=CC=CC1=S. The lowest BCUT2D eigenvalue weighted by Gasteiger charge is -2.16. The third kappa shape index (κ3) is 3.26. The molecule has 1 aliphatic rings. The van der Waals surface area contributed by atoms with Gasteiger partial charge < -0.3 is 10.6 Å². The highest BCUT2D eigenvalue weighted by molar-refractivity contribution is 7.80. The van der Waals surface area contributed by atoms with Crippen LogP contribution in [0.4, 0.5) is 10.5 Å². The lowest BCUT2D eigenvalue weighted by atomic mass is 10.1. The Morgan fingerprint density at radius 3 is 2.65 bits per heavy atom. The second-order valence-corrected chi connectivity index (χ2v) is 4.06. The summed E-state index contributed by atoms with van der Waals surface area (Å²) in [5.74, 6) is 0. The maximum absolute atomic E-state index is 11.7. The van der Waals surface area contributed by atoms with Gasteiger partial charge in [-0.2, -0.15) is 0 Å². The summed E-state index contributed by atoms with van der Waals surface area (Å²) in [7, 11) is 0. The molecule has 2 N–H and O–H groups in total. The van der Waals surface area contributed by atoms with Gasteiger partial charge in [-0.15, -0.1) is 0 Å². The first-order valence-corrected chi connectivity index (χ1v) is 5.68. The summed E-state index contributed by atoms with van der Waals surface area (Å²) in [6, 6.07) is 8.81. The number of rotatable bonds is 2. The van der Waals surface area contributed by atoms with Gasteiger partial charge in [0.05, 0.1) is 6.04 Å². The zero-order valence-electron chi connectivity index (χ0n) is 9.09. The largest absolute Gasteiger partial charge is 0.327 e. The molecule has 0 spiro atoms. The molecule has 1 aliphatic carbocycles. The Hall–Kier alpha value is -1.94. The molecule has 4 heteroatoms. The lowest BCUT2D eigenvalue weighted by molar-refractivity contribution is 0.252. The minimum atomic E-state index is -0.261. The van der Waals surface area contributed by atoms with Crippen LogP contribution in [0.1, 0.15) is 0 Å². The van der Waals surface area contributed by atoms with E-state index >= 15 is 0 Å². The number of carbonyl (C=O) groups is 1. The van der Waals surface area contributed by atoms with Crippen LogP contribution < -0.4 is 10.6 Å². The molecule has 0 radical (unpaired) electrons. The average molecular weight is 244 g/mol. The molecular formula is C13H12N2OS. The van der Waals surface area contributed by atoms with Crippen molar-refractivity contribution in [1.82, 2.24) is 5.32 Å². The van der Waals surface area contributed by atoms with Crippen LogP contribution in [-0.2, 0) is 0 Å². The van der Waals surface area contributed by atoms with Gasteiger partial charge in [0.2, 0.25) is 0 Å². The third-order valence-corrected chi connectivity index (χ3v) is 2.69. The Labute approximate surface area is 105 Å². The molecule has 2 rings (SSSR count). The fourth-order valence-corrected chi connectivity index (χ4v) is 1.69. The first-order valence-electron chi connectivity index (χ1n) is 5.27. The number of urea groups is 1. The van der Waals surface area contributed by atoms with Crippen molar-refractivity contribution in [1.29, 1.82) is 0 Å². The van der Waals surface area contributed by atoms with Gasteiger partial charge in [-0.3, -0.25) is 0 Å². The summed E-state index contributed by atoms with van der Waals surface area (Å²) < 4.78 is 0. The third-order valence-electron chi connectivity index (χ3n) is 2.30. The number of thiocarbonyl (C=S) groups is 1. The van der Waals surface area contributed by atoms with Gasteiger partial charge >= 0.3 is 6.03 Å². The molecule has 1 aromatic carbocycles. The Morgan fingerprint density at radius 2 is 1.94 bits per heavy atom. The Bertz CT molecular complexity index is 479. The number of hydrogen-bond acceptors (Lipinski definition) is 2. The van der Waals surface area contributed by atoms with E-state index in [9.17, 15) is 4.79 Å². The first-order chi connectivity index (χ1) is 8.25. The van der Waals surface area contributed by atoms with Gasteiger partial charge in [0.25, 0.3) is 0 Å². The first kappa shape index (κ1) is 11.5. The molecule has 2 amide bonds. The highest BCUT2D eigenvalue weighted by Crippen LogP contribution is 2.06. The number of hydrogen-bond donors (Lipinski definition) is 2. The minimum absolute atomic E-state index is 0.210. The van der Waals surface area contributed by atoms with Gasteiger partial charge in [-0.1, -0.05) is 48.6 Å². The van der Waals surface area contributed by atoms with Crippen molar-refractivity contribution in [2.75, 3.05) is 5.32 Å². The quantitative estimate of drug-likeness (QED) is 0.785. The van der Waals surface area contributed by atoms with Crippen LogP contribution in [-0.4, -0.2) is 16.9 Å². The predicted molar refractivity (Wildman–Crippen MR) is 73.3 cm³/mol. The van der Waals surface area contributed by atoms with Crippen molar-refractivity contribution in [2.24, 2.45) is 0 Å². The zero-order valence-corrected chi connectivity index (χ0v) is 9.91. The number of carbonyl (C=O) groups excluding carboxylic acids is 1. The number of para-hydroxylation sites is 1. The predicted octanol–water partition coefficient (Wildman–Crippen LogP) is 2.67. The van der Waals surface area contributed by atoms with Gasteiger partial charge in [-0.05, 0) is 18.2 Å². The molecule has 0 aromatic heterocycles. The summed E-state index contributed by atoms with van der Waals surface area (Å²) in [5.41, 5.74) is 0.756. The zero-order chi connectivity index (χ0) is 12.1. The van der Waals surface area contributed by atoms with Crippen LogP contribution >= 0.6 is 12.2 Å². The molecule has 0 saturated carbocycles. The number of anilines is 1. The molecule has 0 aliphatic heterocycles. The molecular weight excluding hydrogens is 232 g/mol. The second kappa shape index (κ2) is 5.41. The van der Waals surface area contributed by atoms with Crippen LogP contribution in [0.5, 0.6) is 0 Å². The standard InChI is InChI=1S/C13H12N2OS/c16-13(14-10-6-2-1-3-7-10)15-11-8-4-5-9-12(11)17/h1-9,11H,(H2,14,15,16). The van der Waals surface area contributed by atoms with Crippen LogP contribution in [0.3, 0.4) is 0 Å². The molecule has 86 valence electrons. The summed E-state index contributed by atoms with van der Waals surface area (Å²) >= 11 is 5.13. The van der Waals surface area contributed by atoms with Crippen molar-refractivity contribution in [3.05, 3.63) is 54.6 Å². The highest BCUT2D eigenvalue weighted by atomic mass is 32.1. The smallest absolute Gasteiger partial charge is 0.319 e. The van der Waals surface area contributed by atoms with E-state index in [0.717, 1.165) is 5.69 Å². The summed E-state index contributed by atoms with van der Waals surface area (Å²) in [6.07, 6.45) is 7.38. The van der Waals surface area contributed by atoms with Crippen molar-refractivity contribution in [2.45, 2.75) is 6.04 Å². The van der Waals surface area contributed by atoms with Crippen LogP contribution in [0.2, 0.25) is 0 Å². The van der Waals surface area contributed by atoms with E-state index in [1.54, 1.807) is 0 Å².